The van der Waals surface area contributed by atoms with Gasteiger partial charge in [-0.3, -0.25) is 4.79 Å². The molecule has 0 aromatic heterocycles. The van der Waals surface area contributed by atoms with Crippen LogP contribution in [0.1, 0.15) is 24.4 Å². The van der Waals surface area contributed by atoms with Crippen molar-refractivity contribution in [3.05, 3.63) is 23.8 Å². The van der Waals surface area contributed by atoms with Crippen LogP contribution in [0.2, 0.25) is 0 Å². The van der Waals surface area contributed by atoms with Gasteiger partial charge >= 0.3 is 5.97 Å². The maximum atomic E-state index is 10.8. The van der Waals surface area contributed by atoms with Crippen LogP contribution in [0.5, 0.6) is 11.5 Å². The Hall–Kier alpha value is -1.75. The molecule has 5 nitrogen and oxygen atoms in total. The van der Waals surface area contributed by atoms with E-state index in [2.05, 4.69) is 0 Å². The number of aliphatic carboxylic acids is 1. The lowest BCUT2D eigenvalue weighted by Gasteiger charge is -2.13. The Labute approximate surface area is 106 Å². The second-order valence-corrected chi connectivity index (χ2v) is 4.48. The summed E-state index contributed by atoms with van der Waals surface area (Å²) < 4.78 is 10.8. The van der Waals surface area contributed by atoms with Crippen molar-refractivity contribution in [1.29, 1.82) is 0 Å². The SMILES string of the molecule is COc1ccc(C(N)C(=O)O)cc1OCC1CC1. The highest BCUT2D eigenvalue weighted by Crippen LogP contribution is 2.34. The molecule has 98 valence electrons. The second-order valence-electron chi connectivity index (χ2n) is 4.48. The third-order valence-electron chi connectivity index (χ3n) is 2.98. The van der Waals surface area contributed by atoms with Crippen molar-refractivity contribution >= 4 is 5.97 Å². The van der Waals surface area contributed by atoms with Gasteiger partial charge in [-0.05, 0) is 36.5 Å². The van der Waals surface area contributed by atoms with E-state index in [0.29, 0.717) is 29.6 Å². The number of carboxylic acids is 1. The Morgan fingerprint density at radius 1 is 1.50 bits per heavy atom. The van der Waals surface area contributed by atoms with Crippen molar-refractivity contribution in [1.82, 2.24) is 0 Å². The fourth-order valence-corrected chi connectivity index (χ4v) is 1.63. The largest absolute Gasteiger partial charge is 0.493 e. The lowest BCUT2D eigenvalue weighted by Crippen LogP contribution is -2.20. The molecule has 0 heterocycles. The number of methoxy groups -OCH3 is 1. The topological polar surface area (TPSA) is 81.8 Å². The fraction of sp³-hybridized carbons (Fsp3) is 0.462. The van der Waals surface area contributed by atoms with Gasteiger partial charge in [0.15, 0.2) is 11.5 Å². The van der Waals surface area contributed by atoms with Crippen LogP contribution in [-0.2, 0) is 4.79 Å². The third-order valence-corrected chi connectivity index (χ3v) is 2.98. The molecule has 0 radical (unpaired) electrons. The Balaban J connectivity index is 2.17. The molecule has 0 amide bonds. The van der Waals surface area contributed by atoms with Gasteiger partial charge in [0.25, 0.3) is 0 Å². The van der Waals surface area contributed by atoms with Gasteiger partial charge in [-0.1, -0.05) is 6.07 Å². The lowest BCUT2D eigenvalue weighted by atomic mass is 10.1. The van der Waals surface area contributed by atoms with E-state index in [1.165, 1.54) is 12.8 Å². The summed E-state index contributed by atoms with van der Waals surface area (Å²) >= 11 is 0. The lowest BCUT2D eigenvalue weighted by molar-refractivity contribution is -0.138. The summed E-state index contributed by atoms with van der Waals surface area (Å²) in [6.45, 7) is 0.641. The standard InChI is InChI=1S/C13H17NO4/c1-17-10-5-4-9(12(14)13(15)16)6-11(10)18-7-8-2-3-8/h4-6,8,12H,2-3,7,14H2,1H3,(H,15,16). The van der Waals surface area contributed by atoms with Crippen LogP contribution in [0.15, 0.2) is 18.2 Å². The van der Waals surface area contributed by atoms with E-state index in [-0.39, 0.29) is 0 Å². The van der Waals surface area contributed by atoms with Crippen LogP contribution in [0.4, 0.5) is 0 Å². The molecule has 1 aromatic carbocycles. The number of rotatable bonds is 6. The van der Waals surface area contributed by atoms with Crippen LogP contribution in [-0.4, -0.2) is 24.8 Å². The molecule has 0 saturated heterocycles. The van der Waals surface area contributed by atoms with Gasteiger partial charge < -0.3 is 20.3 Å². The molecular weight excluding hydrogens is 234 g/mol. The Morgan fingerprint density at radius 3 is 2.78 bits per heavy atom. The van der Waals surface area contributed by atoms with E-state index in [9.17, 15) is 4.79 Å². The molecular formula is C13H17NO4. The summed E-state index contributed by atoms with van der Waals surface area (Å²) in [5.74, 6) is 0.704. The first-order valence-corrected chi connectivity index (χ1v) is 5.91. The van der Waals surface area contributed by atoms with Crippen molar-refractivity contribution in [2.24, 2.45) is 11.7 Å². The zero-order chi connectivity index (χ0) is 13.1. The number of hydrogen-bond donors (Lipinski definition) is 2. The first-order valence-electron chi connectivity index (χ1n) is 5.91. The number of hydrogen-bond acceptors (Lipinski definition) is 4. The van der Waals surface area contributed by atoms with E-state index >= 15 is 0 Å². The average Bonchev–Trinajstić information content (AvgIpc) is 3.19. The molecule has 0 bridgehead atoms. The molecule has 1 unspecified atom stereocenters. The van der Waals surface area contributed by atoms with Crippen molar-refractivity contribution < 1.29 is 19.4 Å². The third kappa shape index (κ3) is 2.92. The highest BCUT2D eigenvalue weighted by Gasteiger charge is 2.23. The molecule has 1 aliphatic rings. The number of carbonyl (C=O) groups is 1. The quantitative estimate of drug-likeness (QED) is 0.802. The van der Waals surface area contributed by atoms with Gasteiger partial charge in [0.05, 0.1) is 13.7 Å². The van der Waals surface area contributed by atoms with Crippen LogP contribution in [0.3, 0.4) is 0 Å². The number of nitrogens with two attached hydrogens (primary N) is 1. The number of ether oxygens (including phenoxy) is 2. The maximum absolute atomic E-state index is 10.8. The van der Waals surface area contributed by atoms with Crippen molar-refractivity contribution in [3.8, 4) is 11.5 Å². The first-order chi connectivity index (χ1) is 8.61. The molecule has 1 atom stereocenters. The first kappa shape index (κ1) is 12.7. The highest BCUT2D eigenvalue weighted by molar-refractivity contribution is 5.75. The summed E-state index contributed by atoms with van der Waals surface area (Å²) in [5.41, 5.74) is 6.08. The second kappa shape index (κ2) is 5.27. The van der Waals surface area contributed by atoms with E-state index < -0.39 is 12.0 Å². The van der Waals surface area contributed by atoms with Crippen molar-refractivity contribution in [2.75, 3.05) is 13.7 Å². The van der Waals surface area contributed by atoms with Crippen LogP contribution in [0.25, 0.3) is 0 Å². The Bertz CT molecular complexity index is 443. The Morgan fingerprint density at radius 2 is 2.22 bits per heavy atom. The Kier molecular flexibility index (Phi) is 3.72. The van der Waals surface area contributed by atoms with Gasteiger partial charge in [0.2, 0.25) is 0 Å². The molecule has 1 fully saturated rings. The molecule has 1 aliphatic carbocycles. The van der Waals surface area contributed by atoms with Gasteiger partial charge in [-0.15, -0.1) is 0 Å². The molecule has 0 spiro atoms. The normalized spacial score (nSPS) is 16.1. The fourth-order valence-electron chi connectivity index (χ4n) is 1.63. The summed E-state index contributed by atoms with van der Waals surface area (Å²) in [4.78, 5) is 10.8. The summed E-state index contributed by atoms with van der Waals surface area (Å²) in [6.07, 6.45) is 2.38. The van der Waals surface area contributed by atoms with Gasteiger partial charge in [-0.25, -0.2) is 0 Å². The minimum Gasteiger partial charge on any atom is -0.493 e. The predicted octanol–water partition coefficient (Wildman–Crippen LogP) is 1.57. The smallest absolute Gasteiger partial charge is 0.325 e. The van der Waals surface area contributed by atoms with E-state index in [4.69, 9.17) is 20.3 Å². The van der Waals surface area contributed by atoms with Crippen LogP contribution >= 0.6 is 0 Å². The van der Waals surface area contributed by atoms with Gasteiger partial charge in [0, 0.05) is 0 Å². The monoisotopic (exact) mass is 251 g/mol. The van der Waals surface area contributed by atoms with Gasteiger partial charge in [0.1, 0.15) is 6.04 Å². The van der Waals surface area contributed by atoms with E-state index in [1.54, 1.807) is 25.3 Å². The summed E-state index contributed by atoms with van der Waals surface area (Å²) in [5, 5.41) is 8.88. The zero-order valence-corrected chi connectivity index (χ0v) is 10.3. The number of benzene rings is 1. The minimum atomic E-state index is -1.06. The average molecular weight is 251 g/mol. The number of carboxylic acid groups (broad SMARTS) is 1. The molecule has 5 heteroatoms. The van der Waals surface area contributed by atoms with Crippen molar-refractivity contribution in [2.45, 2.75) is 18.9 Å². The predicted molar refractivity (Wildman–Crippen MR) is 65.8 cm³/mol. The van der Waals surface area contributed by atoms with Gasteiger partial charge in [-0.2, -0.15) is 0 Å². The van der Waals surface area contributed by atoms with Crippen molar-refractivity contribution in [3.63, 3.8) is 0 Å². The molecule has 0 aliphatic heterocycles. The minimum absolute atomic E-state index is 0.508. The summed E-state index contributed by atoms with van der Waals surface area (Å²) in [6, 6.07) is 3.92. The molecule has 18 heavy (non-hydrogen) atoms. The molecule has 1 saturated carbocycles. The maximum Gasteiger partial charge on any atom is 0.325 e. The molecule has 1 aromatic rings. The molecule has 2 rings (SSSR count). The zero-order valence-electron chi connectivity index (χ0n) is 10.3. The van der Waals surface area contributed by atoms with E-state index in [0.717, 1.165) is 0 Å². The van der Waals surface area contributed by atoms with Crippen LogP contribution in [0, 0.1) is 5.92 Å². The summed E-state index contributed by atoms with van der Waals surface area (Å²) in [7, 11) is 1.55. The van der Waals surface area contributed by atoms with E-state index in [1.807, 2.05) is 0 Å². The molecule has 3 N–H and O–H groups in total. The highest BCUT2D eigenvalue weighted by atomic mass is 16.5. The van der Waals surface area contributed by atoms with Crippen LogP contribution < -0.4 is 15.2 Å².